The van der Waals surface area contributed by atoms with Crippen LogP contribution in [0.3, 0.4) is 0 Å². The molecule has 8 unspecified atom stereocenters. The Kier molecular flexibility index (Phi) is 5.92. The largest absolute Gasteiger partial charge is 0.465 e. The minimum Gasteiger partial charge on any atom is -0.465 e. The molecule has 3 aliphatic carbocycles. The van der Waals surface area contributed by atoms with Crippen LogP contribution in [-0.4, -0.2) is 47.8 Å². The van der Waals surface area contributed by atoms with Crippen LogP contribution in [0.2, 0.25) is 0 Å². The van der Waals surface area contributed by atoms with E-state index < -0.39 is 56.7 Å². The lowest BCUT2D eigenvalue weighted by molar-refractivity contribution is -0.178. The summed E-state index contributed by atoms with van der Waals surface area (Å²) in [6.45, 7) is 15.8. The van der Waals surface area contributed by atoms with E-state index >= 15 is 0 Å². The minimum absolute atomic E-state index is 0.0261. The van der Waals surface area contributed by atoms with E-state index in [9.17, 15) is 19.2 Å². The Hall–Kier alpha value is -2.12. The van der Waals surface area contributed by atoms with Crippen LogP contribution in [-0.2, 0) is 38.1 Å². The van der Waals surface area contributed by atoms with Crippen LogP contribution in [0.25, 0.3) is 0 Å². The maximum atomic E-state index is 13.6. The molecule has 2 saturated heterocycles. The highest BCUT2D eigenvalue weighted by atomic mass is 16.6. The second-order valence-electron chi connectivity index (χ2n) is 14.4. The van der Waals surface area contributed by atoms with Gasteiger partial charge in [0.1, 0.15) is 17.3 Å². The van der Waals surface area contributed by atoms with E-state index in [0.29, 0.717) is 32.1 Å². The van der Waals surface area contributed by atoms with Gasteiger partial charge >= 0.3 is 23.9 Å². The van der Waals surface area contributed by atoms with Crippen LogP contribution >= 0.6 is 0 Å². The molecule has 8 nitrogen and oxygen atoms in total. The van der Waals surface area contributed by atoms with Crippen molar-refractivity contribution >= 4 is 23.9 Å². The van der Waals surface area contributed by atoms with Crippen molar-refractivity contribution in [3.63, 3.8) is 0 Å². The highest BCUT2D eigenvalue weighted by Crippen LogP contribution is 2.67. The summed E-state index contributed by atoms with van der Waals surface area (Å²) in [4.78, 5) is 52.6. The Labute approximate surface area is 225 Å². The second-order valence-corrected chi connectivity index (χ2v) is 14.4. The number of hydrogen-bond acceptors (Lipinski definition) is 8. The first kappa shape index (κ1) is 27.4. The van der Waals surface area contributed by atoms with Gasteiger partial charge in [-0.25, -0.2) is 0 Å². The summed E-state index contributed by atoms with van der Waals surface area (Å²) in [6, 6.07) is 0. The van der Waals surface area contributed by atoms with Gasteiger partial charge in [0, 0.05) is 10.8 Å². The third-order valence-corrected chi connectivity index (χ3v) is 12.5. The van der Waals surface area contributed by atoms with Gasteiger partial charge in [-0.1, -0.05) is 41.5 Å². The Morgan fingerprint density at radius 3 is 1.79 bits per heavy atom. The smallest absolute Gasteiger partial charge is 0.324 e. The van der Waals surface area contributed by atoms with Crippen LogP contribution < -0.4 is 0 Å². The maximum absolute atomic E-state index is 13.6. The minimum atomic E-state index is -1.26. The van der Waals surface area contributed by atoms with Crippen LogP contribution in [0, 0.1) is 39.4 Å². The number of fused-ring (bicyclic) bond motifs is 4. The third-order valence-electron chi connectivity index (χ3n) is 12.5. The predicted octanol–water partition coefficient (Wildman–Crippen LogP) is 4.76. The molecule has 38 heavy (non-hydrogen) atoms. The zero-order valence-electron chi connectivity index (χ0n) is 24.2. The molecule has 3 saturated carbocycles. The Bertz CT molecular complexity index is 1080. The lowest BCUT2D eigenvalue weighted by atomic mass is 9.65. The van der Waals surface area contributed by atoms with E-state index in [1.54, 1.807) is 0 Å². The molecule has 0 spiro atoms. The van der Waals surface area contributed by atoms with Gasteiger partial charge in [-0.05, 0) is 76.5 Å². The van der Waals surface area contributed by atoms with E-state index in [-0.39, 0.29) is 30.5 Å². The molecule has 5 aliphatic rings. The van der Waals surface area contributed by atoms with Crippen molar-refractivity contribution in [2.24, 2.45) is 39.4 Å². The number of carbonyl (C=O) groups is 4. The maximum Gasteiger partial charge on any atom is 0.324 e. The van der Waals surface area contributed by atoms with Gasteiger partial charge in [0.05, 0.1) is 6.61 Å². The molecule has 0 aromatic rings. The molecule has 0 amide bonds. The lowest BCUT2D eigenvalue weighted by Gasteiger charge is -2.39. The first-order valence-electron chi connectivity index (χ1n) is 14.3. The van der Waals surface area contributed by atoms with Crippen molar-refractivity contribution in [1.82, 2.24) is 0 Å². The fraction of sp³-hybridized carbons (Fsp3) is 0.867. The van der Waals surface area contributed by atoms with Gasteiger partial charge in [-0.2, -0.15) is 0 Å². The first-order valence-corrected chi connectivity index (χ1v) is 14.3. The lowest BCUT2D eigenvalue weighted by Crippen LogP contribution is -2.48. The van der Waals surface area contributed by atoms with E-state index in [1.807, 2.05) is 48.5 Å². The number of hydrogen-bond donors (Lipinski definition) is 0. The molecule has 8 heteroatoms. The van der Waals surface area contributed by atoms with E-state index in [0.717, 1.165) is 12.8 Å². The van der Waals surface area contributed by atoms with Crippen molar-refractivity contribution in [3.05, 3.63) is 0 Å². The first-order chi connectivity index (χ1) is 17.5. The van der Waals surface area contributed by atoms with Crippen LogP contribution in [0.4, 0.5) is 0 Å². The summed E-state index contributed by atoms with van der Waals surface area (Å²) >= 11 is 0. The molecule has 2 aliphatic heterocycles. The van der Waals surface area contributed by atoms with E-state index in [4.69, 9.17) is 18.9 Å². The highest BCUT2D eigenvalue weighted by molar-refractivity contribution is 6.04. The van der Waals surface area contributed by atoms with Crippen molar-refractivity contribution in [1.29, 1.82) is 0 Å². The molecule has 0 N–H and O–H groups in total. The van der Waals surface area contributed by atoms with Gasteiger partial charge in [0.25, 0.3) is 0 Å². The number of carbonyl (C=O) groups excluding carboxylic acids is 4. The van der Waals surface area contributed by atoms with Crippen molar-refractivity contribution in [3.8, 4) is 0 Å². The van der Waals surface area contributed by atoms with Crippen molar-refractivity contribution in [2.75, 3.05) is 6.61 Å². The quantitative estimate of drug-likeness (QED) is 0.274. The molecule has 0 aromatic heterocycles. The van der Waals surface area contributed by atoms with Gasteiger partial charge in [0.15, 0.2) is 10.8 Å². The number of esters is 4. The van der Waals surface area contributed by atoms with Gasteiger partial charge in [-0.15, -0.1) is 0 Å². The summed E-state index contributed by atoms with van der Waals surface area (Å²) in [7, 11) is 0. The number of rotatable bonds is 6. The van der Waals surface area contributed by atoms with Gasteiger partial charge in [-0.3, -0.25) is 19.2 Å². The molecular weight excluding hydrogens is 488 g/mol. The third kappa shape index (κ3) is 3.15. The fourth-order valence-corrected chi connectivity index (χ4v) is 8.24. The summed E-state index contributed by atoms with van der Waals surface area (Å²) < 4.78 is 23.3. The fourth-order valence-electron chi connectivity index (χ4n) is 8.24. The number of ether oxygens (including phenoxy) is 4. The molecule has 212 valence electrons. The summed E-state index contributed by atoms with van der Waals surface area (Å²) in [5.74, 6) is -1.51. The van der Waals surface area contributed by atoms with E-state index in [2.05, 4.69) is 6.92 Å². The molecular formula is C30H44O8. The molecule has 5 rings (SSSR count). The summed E-state index contributed by atoms with van der Waals surface area (Å²) in [5, 5.41) is 0. The zero-order valence-corrected chi connectivity index (χ0v) is 24.2. The normalized spacial score (nSPS) is 44.9. The molecule has 5 fully saturated rings. The standard InChI is InChI=1S/C30H44O8/c1-17-9-10-19(15-20(17)36-22(32)30-14-12-28(8,26(30,5)6)38-24(30)34)18(2)16-35-21(31)29-13-11-27(7,25(29,3)4)37-23(29)33/h17-20H,9-16H2,1-8H3. The molecule has 8 atom stereocenters. The molecule has 0 aromatic carbocycles. The second kappa shape index (κ2) is 8.20. The van der Waals surface area contributed by atoms with E-state index in [1.165, 1.54) is 0 Å². The Morgan fingerprint density at radius 2 is 1.34 bits per heavy atom. The molecule has 2 heterocycles. The predicted molar refractivity (Wildman–Crippen MR) is 136 cm³/mol. The Morgan fingerprint density at radius 1 is 0.842 bits per heavy atom. The van der Waals surface area contributed by atoms with Crippen LogP contribution in [0.5, 0.6) is 0 Å². The van der Waals surface area contributed by atoms with Gasteiger partial charge in [0.2, 0.25) is 0 Å². The summed E-state index contributed by atoms with van der Waals surface area (Å²) in [5.41, 5.74) is -5.09. The van der Waals surface area contributed by atoms with Crippen molar-refractivity contribution in [2.45, 2.75) is 118 Å². The van der Waals surface area contributed by atoms with Gasteiger partial charge < -0.3 is 18.9 Å². The topological polar surface area (TPSA) is 105 Å². The average Bonchev–Trinajstić information content (AvgIpc) is 3.29. The van der Waals surface area contributed by atoms with Crippen LogP contribution in [0.1, 0.15) is 100 Å². The zero-order chi connectivity index (χ0) is 28.1. The van der Waals surface area contributed by atoms with Crippen molar-refractivity contribution < 1.29 is 38.1 Å². The Balaban J connectivity index is 1.23. The highest BCUT2D eigenvalue weighted by Gasteiger charge is 2.78. The molecule has 4 bridgehead atoms. The average molecular weight is 533 g/mol. The summed E-state index contributed by atoms with van der Waals surface area (Å²) in [6.07, 6.45) is 4.33. The SMILES string of the molecule is CC(COC(=O)C12CCC(C)(OC1=O)C2(C)C)C1CCC(C)C(OC(=O)C23CCC(C)(OC2=O)C3(C)C)C1. The van der Waals surface area contributed by atoms with Crippen LogP contribution in [0.15, 0.2) is 0 Å². The monoisotopic (exact) mass is 532 g/mol. The molecule has 0 radical (unpaired) electrons.